The summed E-state index contributed by atoms with van der Waals surface area (Å²) in [5.74, 6) is 0.676. The number of hydrogen-bond donors (Lipinski definition) is 1. The van der Waals surface area contributed by atoms with Crippen molar-refractivity contribution in [3.63, 3.8) is 0 Å². The van der Waals surface area contributed by atoms with Gasteiger partial charge < -0.3 is 24.3 Å². The molecule has 31 heavy (non-hydrogen) atoms. The van der Waals surface area contributed by atoms with E-state index in [1.54, 1.807) is 0 Å². The van der Waals surface area contributed by atoms with Gasteiger partial charge in [0.1, 0.15) is 5.60 Å². The molecule has 166 valence electrons. The summed E-state index contributed by atoms with van der Waals surface area (Å²) in [6.07, 6.45) is 5.79. The topological polar surface area (TPSA) is 74.9 Å². The maximum atomic E-state index is 12.6. The number of ether oxygens (including phenoxy) is 2. The number of carbonyl (C=O) groups is 2. The summed E-state index contributed by atoms with van der Waals surface area (Å²) in [7, 11) is 0. The third-order valence-corrected chi connectivity index (χ3v) is 6.94. The molecule has 4 heterocycles. The second-order valence-electron chi connectivity index (χ2n) is 9.22. The number of aryl methyl sites for hydroxylation is 1. The van der Waals surface area contributed by atoms with E-state index in [1.807, 2.05) is 21.9 Å². The lowest BCUT2D eigenvalue weighted by Crippen LogP contribution is -2.63. The highest BCUT2D eigenvalue weighted by atomic mass is 16.5. The molecule has 1 atom stereocenters. The Morgan fingerprint density at radius 1 is 1.10 bits per heavy atom. The fourth-order valence-corrected chi connectivity index (χ4v) is 5.23. The molecule has 0 aliphatic carbocycles. The van der Waals surface area contributed by atoms with Crippen LogP contribution in [-0.2, 0) is 25.5 Å². The van der Waals surface area contributed by atoms with Gasteiger partial charge in [-0.1, -0.05) is 18.2 Å². The molecular formula is C24H31N3O4. The van der Waals surface area contributed by atoms with Gasteiger partial charge in [0.25, 0.3) is 0 Å². The van der Waals surface area contributed by atoms with Crippen LogP contribution in [0.15, 0.2) is 30.5 Å². The first-order valence-electron chi connectivity index (χ1n) is 11.4. The molecule has 3 aliphatic rings. The van der Waals surface area contributed by atoms with Gasteiger partial charge in [0.2, 0.25) is 11.8 Å². The van der Waals surface area contributed by atoms with Crippen LogP contribution < -0.4 is 0 Å². The van der Waals surface area contributed by atoms with Crippen molar-refractivity contribution < 1.29 is 19.1 Å². The third kappa shape index (κ3) is 4.34. The number of amides is 2. The van der Waals surface area contributed by atoms with Crippen LogP contribution in [0.1, 0.15) is 31.2 Å². The quantitative estimate of drug-likeness (QED) is 0.771. The second-order valence-corrected chi connectivity index (χ2v) is 9.22. The molecule has 7 heteroatoms. The second kappa shape index (κ2) is 8.63. The largest absolute Gasteiger partial charge is 0.378 e. The Bertz CT molecular complexity index is 943. The van der Waals surface area contributed by atoms with Gasteiger partial charge in [0.05, 0.1) is 32.9 Å². The van der Waals surface area contributed by atoms with Crippen molar-refractivity contribution in [3.8, 4) is 0 Å². The average Bonchev–Trinajstić information content (AvgIpc) is 3.38. The number of benzene rings is 1. The summed E-state index contributed by atoms with van der Waals surface area (Å²) in [5, 5.41) is 1.25. The lowest BCUT2D eigenvalue weighted by molar-refractivity contribution is -0.157. The van der Waals surface area contributed by atoms with E-state index in [4.69, 9.17) is 9.47 Å². The summed E-state index contributed by atoms with van der Waals surface area (Å²) < 4.78 is 11.4. The molecule has 1 N–H and O–H groups in total. The molecule has 1 unspecified atom stereocenters. The van der Waals surface area contributed by atoms with Crippen LogP contribution in [0.5, 0.6) is 0 Å². The van der Waals surface area contributed by atoms with E-state index in [0.29, 0.717) is 58.8 Å². The molecule has 3 saturated heterocycles. The fourth-order valence-electron chi connectivity index (χ4n) is 5.23. The van der Waals surface area contributed by atoms with E-state index in [9.17, 15) is 9.59 Å². The lowest BCUT2D eigenvalue weighted by atomic mass is 9.85. The predicted octanol–water partition coefficient (Wildman–Crippen LogP) is 2.36. The van der Waals surface area contributed by atoms with Crippen LogP contribution in [-0.4, -0.2) is 78.2 Å². The third-order valence-electron chi connectivity index (χ3n) is 6.94. The first kappa shape index (κ1) is 20.5. The van der Waals surface area contributed by atoms with Crippen molar-refractivity contribution in [1.82, 2.24) is 14.8 Å². The summed E-state index contributed by atoms with van der Waals surface area (Å²) in [4.78, 5) is 32.2. The molecule has 3 fully saturated rings. The zero-order valence-electron chi connectivity index (χ0n) is 18.0. The monoisotopic (exact) mass is 425 g/mol. The maximum absolute atomic E-state index is 12.6. The number of aromatic amines is 1. The summed E-state index contributed by atoms with van der Waals surface area (Å²) >= 11 is 0. The molecule has 1 aromatic carbocycles. The number of morpholine rings is 1. The zero-order valence-corrected chi connectivity index (χ0v) is 18.0. The first-order valence-corrected chi connectivity index (χ1v) is 11.4. The number of nitrogens with one attached hydrogen (secondary N) is 1. The minimum Gasteiger partial charge on any atom is -0.378 e. The van der Waals surface area contributed by atoms with Gasteiger partial charge in [-0.15, -0.1) is 0 Å². The van der Waals surface area contributed by atoms with Gasteiger partial charge in [0, 0.05) is 43.0 Å². The Balaban J connectivity index is 1.04. The molecule has 1 aromatic heterocycles. The molecular weight excluding hydrogens is 394 g/mol. The van der Waals surface area contributed by atoms with E-state index < -0.39 is 0 Å². The number of H-pyrrole nitrogens is 1. The molecule has 0 bridgehead atoms. The van der Waals surface area contributed by atoms with Crippen molar-refractivity contribution >= 4 is 22.7 Å². The first-order chi connectivity index (χ1) is 15.1. The van der Waals surface area contributed by atoms with Crippen LogP contribution in [0.25, 0.3) is 10.9 Å². The number of hydrogen-bond acceptors (Lipinski definition) is 4. The van der Waals surface area contributed by atoms with E-state index in [-0.39, 0.29) is 23.3 Å². The molecule has 2 aromatic rings. The van der Waals surface area contributed by atoms with E-state index in [0.717, 1.165) is 24.8 Å². The van der Waals surface area contributed by atoms with E-state index >= 15 is 0 Å². The lowest BCUT2D eigenvalue weighted by Gasteiger charge is -2.47. The molecule has 5 rings (SSSR count). The number of carbonyl (C=O) groups excluding carboxylic acids is 2. The van der Waals surface area contributed by atoms with Crippen LogP contribution in [0, 0.1) is 5.92 Å². The highest BCUT2D eigenvalue weighted by Gasteiger charge is 2.51. The van der Waals surface area contributed by atoms with E-state index in [1.165, 1.54) is 10.9 Å². The van der Waals surface area contributed by atoms with Crippen molar-refractivity contribution in [2.45, 2.75) is 37.7 Å². The maximum Gasteiger partial charge on any atom is 0.223 e. The van der Waals surface area contributed by atoms with Gasteiger partial charge in [-0.25, -0.2) is 0 Å². The van der Waals surface area contributed by atoms with Crippen LogP contribution in [0.3, 0.4) is 0 Å². The molecule has 0 saturated carbocycles. The van der Waals surface area contributed by atoms with Gasteiger partial charge in [-0.05, 0) is 36.8 Å². The minimum absolute atomic E-state index is 0.207. The minimum atomic E-state index is -0.220. The molecule has 2 amide bonds. The van der Waals surface area contributed by atoms with Gasteiger partial charge >= 0.3 is 0 Å². The Hall–Kier alpha value is -2.38. The summed E-state index contributed by atoms with van der Waals surface area (Å²) in [5.41, 5.74) is 2.20. The molecule has 3 aliphatic heterocycles. The standard InChI is InChI=1S/C24H31N3O4/c28-22(7-3-4-19-14-25-21-6-2-1-5-20(19)21)27-16-24(17-27)13-18(15-31-24)12-23(29)26-8-10-30-11-9-26/h1-2,5-6,14,18,25H,3-4,7-13,15-17H2. The van der Waals surface area contributed by atoms with Crippen molar-refractivity contribution in [2.24, 2.45) is 5.92 Å². The van der Waals surface area contributed by atoms with Crippen LogP contribution in [0.4, 0.5) is 0 Å². The molecule has 0 radical (unpaired) electrons. The van der Waals surface area contributed by atoms with Gasteiger partial charge in [0.15, 0.2) is 0 Å². The molecule has 7 nitrogen and oxygen atoms in total. The predicted molar refractivity (Wildman–Crippen MR) is 117 cm³/mol. The van der Waals surface area contributed by atoms with Crippen LogP contribution in [0.2, 0.25) is 0 Å². The Morgan fingerprint density at radius 2 is 1.90 bits per heavy atom. The van der Waals surface area contributed by atoms with Crippen molar-refractivity contribution in [2.75, 3.05) is 46.0 Å². The van der Waals surface area contributed by atoms with Crippen LogP contribution >= 0.6 is 0 Å². The fraction of sp³-hybridized carbons (Fsp3) is 0.583. The Morgan fingerprint density at radius 3 is 2.74 bits per heavy atom. The highest BCUT2D eigenvalue weighted by molar-refractivity contribution is 5.83. The number of fused-ring (bicyclic) bond motifs is 1. The van der Waals surface area contributed by atoms with Crippen molar-refractivity contribution in [3.05, 3.63) is 36.0 Å². The van der Waals surface area contributed by atoms with Crippen molar-refractivity contribution in [1.29, 1.82) is 0 Å². The zero-order chi connectivity index (χ0) is 21.3. The summed E-state index contributed by atoms with van der Waals surface area (Å²) in [6, 6.07) is 8.28. The summed E-state index contributed by atoms with van der Waals surface area (Å²) in [6.45, 7) is 4.61. The highest BCUT2D eigenvalue weighted by Crippen LogP contribution is 2.39. The average molecular weight is 426 g/mol. The number of likely N-dealkylation sites (tertiary alicyclic amines) is 1. The smallest absolute Gasteiger partial charge is 0.223 e. The molecule has 1 spiro atoms. The SMILES string of the molecule is O=C(CC1COC2(C1)CN(C(=O)CCCc1c[nH]c3ccccc13)C2)N1CCOCC1. The van der Waals surface area contributed by atoms with E-state index in [2.05, 4.69) is 23.3 Å². The Labute approximate surface area is 182 Å². The number of aromatic nitrogens is 1. The number of rotatable bonds is 6. The van der Waals surface area contributed by atoms with Gasteiger partial charge in [-0.3, -0.25) is 9.59 Å². The van der Waals surface area contributed by atoms with Gasteiger partial charge in [-0.2, -0.15) is 0 Å². The number of para-hydroxylation sites is 1. The normalized spacial score (nSPS) is 22.8. The number of nitrogens with zero attached hydrogens (tertiary/aromatic N) is 2. The Kier molecular flexibility index (Phi) is 5.71.